The average Bonchev–Trinajstić information content (AvgIpc) is 1.54. The molecule has 7 heterocycles. The molecule has 0 amide bonds. The molecule has 582 valence electrons. The topological polar surface area (TPSA) is 92.9 Å². The van der Waals surface area contributed by atoms with E-state index in [0.29, 0.717) is 17.5 Å². The van der Waals surface area contributed by atoms with Crippen LogP contribution in [0.1, 0.15) is 0 Å². The summed E-state index contributed by atoms with van der Waals surface area (Å²) in [6.45, 7) is 0. The zero-order chi connectivity index (χ0) is 82.1. The van der Waals surface area contributed by atoms with Crippen molar-refractivity contribution in [1.82, 2.24) is 28.7 Å². The fourth-order valence-corrected chi connectivity index (χ4v) is 21.7. The van der Waals surface area contributed by atoms with Crippen molar-refractivity contribution in [3.63, 3.8) is 0 Å². The number of furan rings is 3. The van der Waals surface area contributed by atoms with Crippen LogP contribution in [0.25, 0.3) is 279 Å². The number of benzene rings is 20. The SMILES string of the molecule is c1ccc(-c2nc(-c3ccccc3)nc(-c3ccc4c(c3)c3cccc5c3c3c6c(ccc3n5-c3ccccc3)oc3cccc4c36)n2)cc1.c1ccc(-n2c3cccc4c5ccccc5c5cccc6oc7ccc2c(c7c65)c43)cc1.c1ccc2c(c1)c1ccccc1c1cc(-n3c4cccc5c6ccccc6c6cccc7oc8ccc3c(c8c76)c54)ccc21. The van der Waals surface area contributed by atoms with Gasteiger partial charge in [0.1, 0.15) is 33.5 Å². The van der Waals surface area contributed by atoms with Gasteiger partial charge in [-0.1, -0.05) is 285 Å². The van der Waals surface area contributed by atoms with Gasteiger partial charge in [0.05, 0.1) is 33.1 Å². The predicted molar refractivity (Wildman–Crippen MR) is 525 cm³/mol. The van der Waals surface area contributed by atoms with Crippen molar-refractivity contribution in [2.45, 2.75) is 0 Å². The van der Waals surface area contributed by atoms with Crippen LogP contribution in [0.3, 0.4) is 0 Å². The molecule has 0 fully saturated rings. The summed E-state index contributed by atoms with van der Waals surface area (Å²) in [5.74, 6) is 1.92. The van der Waals surface area contributed by atoms with E-state index in [1.54, 1.807) is 0 Å². The van der Waals surface area contributed by atoms with Crippen molar-refractivity contribution in [3.05, 3.63) is 400 Å². The highest BCUT2D eigenvalue weighted by atomic mass is 16.3. The van der Waals surface area contributed by atoms with Crippen LogP contribution in [-0.2, 0) is 0 Å². The Kier molecular flexibility index (Phi) is 14.3. The van der Waals surface area contributed by atoms with E-state index in [0.717, 1.165) is 105 Å². The summed E-state index contributed by atoms with van der Waals surface area (Å²) in [5.41, 5.74) is 19.0. The molecule has 0 atom stereocenters. The number of nitrogens with zero attached hydrogens (tertiary/aromatic N) is 6. The van der Waals surface area contributed by atoms with E-state index in [1.807, 2.05) is 60.7 Å². The van der Waals surface area contributed by atoms with Crippen LogP contribution in [-0.4, -0.2) is 28.7 Å². The fourth-order valence-electron chi connectivity index (χ4n) is 21.7. The minimum atomic E-state index is 0.631. The zero-order valence-electron chi connectivity index (χ0n) is 67.5. The number of aromatic nitrogens is 6. The lowest BCUT2D eigenvalue weighted by Crippen LogP contribution is -2.00. The van der Waals surface area contributed by atoms with Gasteiger partial charge in [-0.05, 0) is 212 Å². The quantitative estimate of drug-likeness (QED) is 0.154. The molecule has 30 aromatic rings. The first kappa shape index (κ1) is 68.7. The number of para-hydroxylation sites is 2. The van der Waals surface area contributed by atoms with Crippen LogP contribution in [0.15, 0.2) is 414 Å². The van der Waals surface area contributed by atoms with Gasteiger partial charge in [-0.15, -0.1) is 0 Å². The summed E-state index contributed by atoms with van der Waals surface area (Å²) < 4.78 is 26.8. The first-order chi connectivity index (χ1) is 62.5. The number of hydrogen-bond donors (Lipinski definition) is 0. The van der Waals surface area contributed by atoms with Gasteiger partial charge in [0.2, 0.25) is 0 Å². The maximum atomic E-state index is 6.57. The second kappa shape index (κ2) is 26.3. The van der Waals surface area contributed by atoms with E-state index < -0.39 is 0 Å². The smallest absolute Gasteiger partial charge is 0.164 e. The third kappa shape index (κ3) is 9.70. The molecule has 0 N–H and O–H groups in total. The summed E-state index contributed by atoms with van der Waals surface area (Å²) in [5, 5.41) is 37.0. The van der Waals surface area contributed by atoms with Gasteiger partial charge in [0, 0.05) is 98.4 Å². The van der Waals surface area contributed by atoms with Gasteiger partial charge < -0.3 is 27.0 Å². The van der Waals surface area contributed by atoms with Gasteiger partial charge in [-0.25, -0.2) is 15.0 Å². The van der Waals surface area contributed by atoms with Crippen molar-refractivity contribution < 1.29 is 13.3 Å². The summed E-state index contributed by atoms with van der Waals surface area (Å²) in [6.07, 6.45) is 0. The van der Waals surface area contributed by atoms with Gasteiger partial charge in [-0.3, -0.25) is 0 Å². The van der Waals surface area contributed by atoms with E-state index in [9.17, 15) is 0 Å². The van der Waals surface area contributed by atoms with Crippen molar-refractivity contribution in [1.29, 1.82) is 0 Å². The van der Waals surface area contributed by atoms with E-state index in [4.69, 9.17) is 28.2 Å². The Morgan fingerprint density at radius 1 is 0.143 bits per heavy atom. The highest BCUT2D eigenvalue weighted by molar-refractivity contribution is 6.42. The Hall–Kier alpha value is -17.0. The Bertz CT molecular complexity index is 9710. The summed E-state index contributed by atoms with van der Waals surface area (Å²) >= 11 is 0. The number of fused-ring (bicyclic) bond motifs is 15. The lowest BCUT2D eigenvalue weighted by Gasteiger charge is -2.13. The highest BCUT2D eigenvalue weighted by Crippen LogP contribution is 2.53. The summed E-state index contributed by atoms with van der Waals surface area (Å²) in [7, 11) is 0. The third-order valence-corrected chi connectivity index (χ3v) is 26.8. The fraction of sp³-hybridized carbons (Fsp3) is 0. The standard InChI is InChI=1S/C45H26N4O.C42H23NO.C30H17NO/c1-4-12-27(13-5-1)43-46-44(28-14-6-2-7-15-28)48-45(47-43)29-22-23-31-32-19-11-21-37-40(32)42-38(50-37)25-24-36-41(42)39-33(34(31)26-29)18-10-20-35(39)49(36)30-16-8-3-9-17-30;1-2-11-27-25(9-1)26-10-3-6-14-30(26)34-23-24(19-20-31(27)34)43-35-17-7-15-32-28-12-4-5-13-29(28)33-16-8-18-37-40(33)42-38(44-37)22-21-36(43)41(42)39(32)35;1-2-8-18(9-3-1)31-23-14-6-12-21-19-10-4-5-11-20(19)22-13-7-15-25-28(22)30-26(32-25)17-16-24(31)29(30)27(21)23/h1-26H;1-23H;1-17H. The van der Waals surface area contributed by atoms with Crippen molar-refractivity contribution in [3.8, 4) is 51.2 Å². The maximum absolute atomic E-state index is 6.57. The molecule has 0 unspecified atom stereocenters. The van der Waals surface area contributed by atoms with E-state index in [1.165, 1.54) is 157 Å². The largest absolute Gasteiger partial charge is 0.456 e. The van der Waals surface area contributed by atoms with Crippen LogP contribution >= 0.6 is 0 Å². The normalized spacial score (nSPS) is 12.3. The Morgan fingerprint density at radius 2 is 0.397 bits per heavy atom. The van der Waals surface area contributed by atoms with Crippen LogP contribution in [0.4, 0.5) is 0 Å². The monoisotopic (exact) mass is 1600 g/mol. The molecule has 9 nitrogen and oxygen atoms in total. The van der Waals surface area contributed by atoms with E-state index in [2.05, 4.69) is 353 Å². The van der Waals surface area contributed by atoms with Crippen LogP contribution < -0.4 is 0 Å². The molecule has 0 radical (unpaired) electrons. The van der Waals surface area contributed by atoms with E-state index in [-0.39, 0.29) is 0 Å². The molecule has 9 heteroatoms. The average molecular weight is 1600 g/mol. The summed E-state index contributed by atoms with van der Waals surface area (Å²) in [6, 6.07) is 143. The molecule has 0 aliphatic heterocycles. The lowest BCUT2D eigenvalue weighted by molar-refractivity contribution is 0.669. The maximum Gasteiger partial charge on any atom is 0.164 e. The first-order valence-electron chi connectivity index (χ1n) is 43.0. The molecule has 0 bridgehead atoms. The van der Waals surface area contributed by atoms with E-state index >= 15 is 0 Å². The molecule has 7 aromatic heterocycles. The van der Waals surface area contributed by atoms with Crippen molar-refractivity contribution >= 4 is 228 Å². The molecular formula is C117H66N6O3. The minimum absolute atomic E-state index is 0.631. The number of hydrogen-bond acceptors (Lipinski definition) is 6. The Labute approximate surface area is 716 Å². The Balaban J connectivity index is 0.0000000983. The minimum Gasteiger partial charge on any atom is -0.456 e. The number of rotatable bonds is 6. The van der Waals surface area contributed by atoms with Crippen LogP contribution in [0.2, 0.25) is 0 Å². The van der Waals surface area contributed by atoms with Crippen molar-refractivity contribution in [2.24, 2.45) is 0 Å². The molecule has 126 heavy (non-hydrogen) atoms. The van der Waals surface area contributed by atoms with Gasteiger partial charge >= 0.3 is 0 Å². The van der Waals surface area contributed by atoms with Crippen molar-refractivity contribution in [2.75, 3.05) is 0 Å². The summed E-state index contributed by atoms with van der Waals surface area (Å²) in [4.78, 5) is 15.1. The molecule has 0 aliphatic carbocycles. The predicted octanol–water partition coefficient (Wildman–Crippen LogP) is 31.9. The Morgan fingerprint density at radius 3 is 0.778 bits per heavy atom. The molecule has 30 rings (SSSR count). The molecule has 0 aliphatic rings. The van der Waals surface area contributed by atoms with Crippen LogP contribution in [0, 0.1) is 0 Å². The molecule has 0 saturated heterocycles. The first-order valence-corrected chi connectivity index (χ1v) is 43.0. The van der Waals surface area contributed by atoms with Crippen LogP contribution in [0.5, 0.6) is 0 Å². The highest BCUT2D eigenvalue weighted by Gasteiger charge is 2.29. The van der Waals surface area contributed by atoms with Gasteiger partial charge in [0.15, 0.2) is 17.5 Å². The second-order valence-electron chi connectivity index (χ2n) is 33.3. The second-order valence-corrected chi connectivity index (χ2v) is 33.3. The molecule has 23 aromatic carbocycles. The lowest BCUT2D eigenvalue weighted by atomic mass is 9.93. The van der Waals surface area contributed by atoms with Gasteiger partial charge in [-0.2, -0.15) is 0 Å². The third-order valence-electron chi connectivity index (χ3n) is 26.8. The molecule has 0 saturated carbocycles. The van der Waals surface area contributed by atoms with Gasteiger partial charge in [0.25, 0.3) is 0 Å². The molecular weight excluding hydrogens is 1540 g/mol. The zero-order valence-corrected chi connectivity index (χ0v) is 67.5. The molecule has 0 spiro atoms.